The Hall–Kier alpha value is -2.43. The SMILES string of the molecule is Cc1ccc(-c2c(C)sc3nc(Cc4ccc(Cl)cc4)[nH]c(=O)c23)cc1C. The molecule has 2 heterocycles. The molecule has 3 nitrogen and oxygen atoms in total. The van der Waals surface area contributed by atoms with Crippen LogP contribution < -0.4 is 5.56 Å². The van der Waals surface area contributed by atoms with Gasteiger partial charge in [0.05, 0.1) is 5.39 Å². The summed E-state index contributed by atoms with van der Waals surface area (Å²) in [7, 11) is 0. The molecule has 5 heteroatoms. The summed E-state index contributed by atoms with van der Waals surface area (Å²) >= 11 is 7.52. The Morgan fingerprint density at radius 1 is 1.04 bits per heavy atom. The normalized spacial score (nSPS) is 11.3. The van der Waals surface area contributed by atoms with Crippen LogP contribution in [0.5, 0.6) is 0 Å². The third kappa shape index (κ3) is 3.43. The largest absolute Gasteiger partial charge is 0.310 e. The van der Waals surface area contributed by atoms with Gasteiger partial charge in [-0.15, -0.1) is 11.3 Å². The fraction of sp³-hybridized carbons (Fsp3) is 0.182. The number of halogens is 1. The van der Waals surface area contributed by atoms with Crippen LogP contribution in [-0.4, -0.2) is 9.97 Å². The van der Waals surface area contributed by atoms with Crippen molar-refractivity contribution in [3.8, 4) is 11.1 Å². The van der Waals surface area contributed by atoms with Gasteiger partial charge in [0.2, 0.25) is 0 Å². The molecular formula is C22H19ClN2OS. The molecule has 0 radical (unpaired) electrons. The van der Waals surface area contributed by atoms with Crippen molar-refractivity contribution in [2.75, 3.05) is 0 Å². The molecule has 27 heavy (non-hydrogen) atoms. The lowest BCUT2D eigenvalue weighted by Gasteiger charge is -2.06. The first kappa shape index (κ1) is 18.0. The number of rotatable bonds is 3. The summed E-state index contributed by atoms with van der Waals surface area (Å²) in [6, 6.07) is 13.9. The first-order chi connectivity index (χ1) is 12.9. The van der Waals surface area contributed by atoms with E-state index in [-0.39, 0.29) is 5.56 Å². The minimum atomic E-state index is -0.0819. The third-order valence-electron chi connectivity index (χ3n) is 4.87. The molecule has 136 valence electrons. The summed E-state index contributed by atoms with van der Waals surface area (Å²) in [5, 5.41) is 1.38. The van der Waals surface area contributed by atoms with E-state index < -0.39 is 0 Å². The predicted molar refractivity (Wildman–Crippen MR) is 114 cm³/mol. The number of H-pyrrole nitrogens is 1. The fourth-order valence-electron chi connectivity index (χ4n) is 3.29. The zero-order chi connectivity index (χ0) is 19.1. The molecule has 0 aliphatic carbocycles. The number of nitrogens with one attached hydrogen (secondary N) is 1. The summed E-state index contributed by atoms with van der Waals surface area (Å²) < 4.78 is 0. The Morgan fingerprint density at radius 2 is 1.78 bits per heavy atom. The van der Waals surface area contributed by atoms with Crippen molar-refractivity contribution in [2.24, 2.45) is 0 Å². The molecule has 0 aliphatic heterocycles. The fourth-order valence-corrected chi connectivity index (χ4v) is 4.48. The highest BCUT2D eigenvalue weighted by Gasteiger charge is 2.17. The molecule has 0 bridgehead atoms. The Bertz CT molecular complexity index is 1210. The quantitative estimate of drug-likeness (QED) is 0.475. The highest BCUT2D eigenvalue weighted by molar-refractivity contribution is 7.19. The second-order valence-corrected chi connectivity index (χ2v) is 8.47. The zero-order valence-electron chi connectivity index (χ0n) is 15.4. The number of nitrogens with zero attached hydrogens (tertiary/aromatic N) is 1. The first-order valence-electron chi connectivity index (χ1n) is 8.77. The van der Waals surface area contributed by atoms with Crippen LogP contribution in [0.4, 0.5) is 0 Å². The monoisotopic (exact) mass is 394 g/mol. The molecule has 0 amide bonds. The van der Waals surface area contributed by atoms with Gasteiger partial charge in [-0.1, -0.05) is 41.9 Å². The molecule has 4 aromatic rings. The van der Waals surface area contributed by atoms with E-state index in [9.17, 15) is 4.79 Å². The number of thiophene rings is 1. The lowest BCUT2D eigenvalue weighted by Crippen LogP contribution is -2.11. The number of benzene rings is 2. The van der Waals surface area contributed by atoms with Crippen LogP contribution in [0.2, 0.25) is 5.02 Å². The maximum atomic E-state index is 12.9. The minimum absolute atomic E-state index is 0.0819. The van der Waals surface area contributed by atoms with Crippen molar-refractivity contribution >= 4 is 33.2 Å². The van der Waals surface area contributed by atoms with Gasteiger partial charge < -0.3 is 4.98 Å². The number of aromatic amines is 1. The predicted octanol–water partition coefficient (Wildman–Crippen LogP) is 5.82. The molecule has 0 atom stereocenters. The molecule has 0 aliphatic rings. The summed E-state index contributed by atoms with van der Waals surface area (Å²) in [4.78, 5) is 22.5. The minimum Gasteiger partial charge on any atom is -0.310 e. The molecule has 0 saturated heterocycles. The van der Waals surface area contributed by atoms with Crippen molar-refractivity contribution in [1.29, 1.82) is 0 Å². The van der Waals surface area contributed by atoms with Crippen LogP contribution in [-0.2, 0) is 6.42 Å². The van der Waals surface area contributed by atoms with Gasteiger partial charge in [0.25, 0.3) is 5.56 Å². The Labute approximate surface area is 166 Å². The molecule has 4 rings (SSSR count). The molecule has 2 aromatic heterocycles. The number of aromatic nitrogens is 2. The molecule has 0 unspecified atom stereocenters. The molecule has 0 spiro atoms. The van der Waals surface area contributed by atoms with Crippen molar-refractivity contribution in [2.45, 2.75) is 27.2 Å². The number of fused-ring (bicyclic) bond motifs is 1. The van der Waals surface area contributed by atoms with Crippen LogP contribution >= 0.6 is 22.9 Å². The summed E-state index contributed by atoms with van der Waals surface area (Å²) in [6.07, 6.45) is 0.568. The smallest absolute Gasteiger partial charge is 0.260 e. The summed E-state index contributed by atoms with van der Waals surface area (Å²) in [5.41, 5.74) is 5.50. The summed E-state index contributed by atoms with van der Waals surface area (Å²) in [6.45, 7) is 6.24. The highest BCUT2D eigenvalue weighted by Crippen LogP contribution is 2.36. The molecule has 0 saturated carbocycles. The van der Waals surface area contributed by atoms with Crippen LogP contribution in [0, 0.1) is 20.8 Å². The van der Waals surface area contributed by atoms with Gasteiger partial charge in [-0.05, 0) is 55.2 Å². The van der Waals surface area contributed by atoms with Crippen molar-refractivity contribution in [1.82, 2.24) is 9.97 Å². The average molecular weight is 395 g/mol. The van der Waals surface area contributed by atoms with E-state index in [1.807, 2.05) is 24.3 Å². The van der Waals surface area contributed by atoms with E-state index >= 15 is 0 Å². The molecule has 1 N–H and O–H groups in total. The van der Waals surface area contributed by atoms with Gasteiger partial charge in [-0.3, -0.25) is 4.79 Å². The second kappa shape index (κ2) is 6.95. The van der Waals surface area contributed by atoms with E-state index in [2.05, 4.69) is 44.0 Å². The average Bonchev–Trinajstić information content (AvgIpc) is 2.96. The second-order valence-electron chi connectivity index (χ2n) is 6.83. The highest BCUT2D eigenvalue weighted by atomic mass is 35.5. The van der Waals surface area contributed by atoms with Crippen molar-refractivity contribution in [3.63, 3.8) is 0 Å². The van der Waals surface area contributed by atoms with Crippen LogP contribution in [0.1, 0.15) is 27.4 Å². The molecular weight excluding hydrogens is 376 g/mol. The lowest BCUT2D eigenvalue weighted by molar-refractivity contribution is 0.977. The van der Waals surface area contributed by atoms with E-state index in [0.29, 0.717) is 22.7 Å². The summed E-state index contributed by atoms with van der Waals surface area (Å²) in [5.74, 6) is 0.669. The number of hydrogen-bond donors (Lipinski definition) is 1. The number of aryl methyl sites for hydroxylation is 3. The number of hydrogen-bond acceptors (Lipinski definition) is 3. The van der Waals surface area contributed by atoms with E-state index in [0.717, 1.165) is 26.4 Å². The maximum absolute atomic E-state index is 12.9. The van der Waals surface area contributed by atoms with Crippen LogP contribution in [0.3, 0.4) is 0 Å². The van der Waals surface area contributed by atoms with Gasteiger partial charge in [-0.25, -0.2) is 4.98 Å². The van der Waals surface area contributed by atoms with Gasteiger partial charge in [-0.2, -0.15) is 0 Å². The van der Waals surface area contributed by atoms with Gasteiger partial charge in [0.1, 0.15) is 10.7 Å². The van der Waals surface area contributed by atoms with Gasteiger partial charge in [0.15, 0.2) is 0 Å². The van der Waals surface area contributed by atoms with Crippen LogP contribution in [0.25, 0.3) is 21.3 Å². The Balaban J connectivity index is 1.82. The maximum Gasteiger partial charge on any atom is 0.260 e. The first-order valence-corrected chi connectivity index (χ1v) is 9.96. The van der Waals surface area contributed by atoms with Gasteiger partial charge >= 0.3 is 0 Å². The topological polar surface area (TPSA) is 45.8 Å². The lowest BCUT2D eigenvalue weighted by atomic mass is 9.99. The van der Waals surface area contributed by atoms with E-state index in [4.69, 9.17) is 16.6 Å². The third-order valence-corrected chi connectivity index (χ3v) is 6.12. The van der Waals surface area contributed by atoms with E-state index in [1.54, 1.807) is 11.3 Å². The Morgan fingerprint density at radius 3 is 2.48 bits per heavy atom. The standard InChI is InChI=1S/C22H19ClN2OS/c1-12-4-7-16(10-13(12)2)19-14(3)27-22-20(19)21(26)24-18(25-22)11-15-5-8-17(23)9-6-15/h4-10H,11H2,1-3H3,(H,24,25,26). The zero-order valence-corrected chi connectivity index (χ0v) is 17.0. The van der Waals surface area contributed by atoms with Crippen molar-refractivity contribution < 1.29 is 0 Å². The molecule has 0 fully saturated rings. The van der Waals surface area contributed by atoms with Crippen LogP contribution in [0.15, 0.2) is 47.3 Å². The Kier molecular flexibility index (Phi) is 4.62. The van der Waals surface area contributed by atoms with Crippen molar-refractivity contribution in [3.05, 3.63) is 85.2 Å². The van der Waals surface area contributed by atoms with E-state index in [1.165, 1.54) is 11.1 Å². The molecule has 2 aromatic carbocycles. The van der Waals surface area contributed by atoms with Gasteiger partial charge in [0, 0.05) is 21.9 Å².